The van der Waals surface area contributed by atoms with Gasteiger partial charge in [-0.05, 0) is 24.1 Å². The number of halogens is 1. The van der Waals surface area contributed by atoms with Crippen LogP contribution in [0.5, 0.6) is 0 Å². The first-order chi connectivity index (χ1) is 10.4. The fraction of sp³-hybridized carbons (Fsp3) is 0.286. The molecule has 114 valence electrons. The van der Waals surface area contributed by atoms with Gasteiger partial charge in [0.25, 0.3) is 5.91 Å². The van der Waals surface area contributed by atoms with Crippen molar-refractivity contribution < 1.29 is 28.7 Å². The third-order valence-electron chi connectivity index (χ3n) is 3.82. The molecule has 2 heterocycles. The lowest BCUT2D eigenvalue weighted by Crippen LogP contribution is -2.52. The third kappa shape index (κ3) is 2.12. The van der Waals surface area contributed by atoms with Crippen LogP contribution in [-0.4, -0.2) is 39.7 Å². The second kappa shape index (κ2) is 4.90. The SMILES string of the molecule is O=C1CCC(N2Cc3cc(C(=O)O)cc(F)c3C2=O)C(=O)N1. The van der Waals surface area contributed by atoms with Crippen LogP contribution in [0.4, 0.5) is 4.39 Å². The van der Waals surface area contributed by atoms with E-state index in [0.29, 0.717) is 0 Å². The van der Waals surface area contributed by atoms with Crippen molar-refractivity contribution in [2.75, 3.05) is 0 Å². The average Bonchev–Trinajstić information content (AvgIpc) is 2.76. The minimum absolute atomic E-state index is 0.0571. The maximum Gasteiger partial charge on any atom is 0.335 e. The highest BCUT2D eigenvalue weighted by molar-refractivity contribution is 6.06. The number of carboxylic acids is 1. The first-order valence-electron chi connectivity index (χ1n) is 6.59. The molecule has 7 nitrogen and oxygen atoms in total. The first kappa shape index (κ1) is 14.2. The smallest absolute Gasteiger partial charge is 0.335 e. The molecular weight excluding hydrogens is 295 g/mol. The van der Waals surface area contributed by atoms with Crippen molar-refractivity contribution >= 4 is 23.7 Å². The van der Waals surface area contributed by atoms with Crippen molar-refractivity contribution in [3.8, 4) is 0 Å². The summed E-state index contributed by atoms with van der Waals surface area (Å²) < 4.78 is 14.0. The van der Waals surface area contributed by atoms with Crippen LogP contribution < -0.4 is 5.32 Å². The number of piperidine rings is 1. The minimum atomic E-state index is -1.30. The van der Waals surface area contributed by atoms with Gasteiger partial charge in [0.1, 0.15) is 11.9 Å². The maximum absolute atomic E-state index is 14.0. The van der Waals surface area contributed by atoms with Crippen LogP contribution in [0.15, 0.2) is 12.1 Å². The lowest BCUT2D eigenvalue weighted by Gasteiger charge is -2.29. The van der Waals surface area contributed by atoms with E-state index in [1.807, 2.05) is 0 Å². The van der Waals surface area contributed by atoms with E-state index in [0.717, 1.165) is 6.07 Å². The fourth-order valence-corrected chi connectivity index (χ4v) is 2.78. The normalized spacial score (nSPS) is 20.9. The largest absolute Gasteiger partial charge is 0.478 e. The van der Waals surface area contributed by atoms with Crippen molar-refractivity contribution in [3.05, 3.63) is 34.6 Å². The van der Waals surface area contributed by atoms with Crippen LogP contribution in [0.25, 0.3) is 0 Å². The first-order valence-corrected chi connectivity index (χ1v) is 6.59. The summed E-state index contributed by atoms with van der Waals surface area (Å²) in [6.45, 7) is -0.0571. The number of fused-ring (bicyclic) bond motifs is 1. The summed E-state index contributed by atoms with van der Waals surface area (Å²) >= 11 is 0. The topological polar surface area (TPSA) is 104 Å². The Labute approximate surface area is 123 Å². The highest BCUT2D eigenvalue weighted by Gasteiger charge is 2.40. The molecule has 0 saturated carbocycles. The predicted molar refractivity (Wildman–Crippen MR) is 69.4 cm³/mol. The van der Waals surface area contributed by atoms with Gasteiger partial charge in [-0.25, -0.2) is 9.18 Å². The van der Waals surface area contributed by atoms with Gasteiger partial charge < -0.3 is 10.0 Å². The van der Waals surface area contributed by atoms with E-state index in [-0.39, 0.29) is 36.1 Å². The molecule has 0 bridgehead atoms. The molecule has 1 aromatic carbocycles. The summed E-state index contributed by atoms with van der Waals surface area (Å²) in [6, 6.07) is 1.16. The van der Waals surface area contributed by atoms with Crippen LogP contribution >= 0.6 is 0 Å². The summed E-state index contributed by atoms with van der Waals surface area (Å²) in [7, 11) is 0. The summed E-state index contributed by atoms with van der Waals surface area (Å²) in [5.74, 6) is -3.90. The number of imide groups is 1. The Morgan fingerprint density at radius 1 is 1.32 bits per heavy atom. The molecule has 8 heteroatoms. The molecule has 1 unspecified atom stereocenters. The average molecular weight is 306 g/mol. The number of rotatable bonds is 2. The van der Waals surface area contributed by atoms with E-state index >= 15 is 0 Å². The van der Waals surface area contributed by atoms with Crippen molar-refractivity contribution in [2.24, 2.45) is 0 Å². The van der Waals surface area contributed by atoms with E-state index in [1.165, 1.54) is 11.0 Å². The molecule has 2 aliphatic heterocycles. The Balaban J connectivity index is 1.94. The zero-order chi connectivity index (χ0) is 16.0. The standard InChI is InChI=1S/C14H11FN2O5/c15-8-4-6(14(21)22)3-7-5-17(13(20)11(7)8)9-1-2-10(18)16-12(9)19/h3-4,9H,1-2,5H2,(H,21,22)(H,16,18,19). The van der Waals surface area contributed by atoms with Crippen molar-refractivity contribution in [1.82, 2.24) is 10.2 Å². The van der Waals surface area contributed by atoms with Gasteiger partial charge >= 0.3 is 5.97 Å². The third-order valence-corrected chi connectivity index (χ3v) is 3.82. The molecule has 2 aliphatic rings. The van der Waals surface area contributed by atoms with Crippen LogP contribution in [0.2, 0.25) is 0 Å². The fourth-order valence-electron chi connectivity index (χ4n) is 2.78. The molecule has 0 radical (unpaired) electrons. The zero-order valence-electron chi connectivity index (χ0n) is 11.3. The molecule has 1 aromatic rings. The molecular formula is C14H11FN2O5. The highest BCUT2D eigenvalue weighted by Crippen LogP contribution is 2.30. The van der Waals surface area contributed by atoms with Crippen molar-refractivity contribution in [2.45, 2.75) is 25.4 Å². The second-order valence-electron chi connectivity index (χ2n) is 5.20. The number of hydrogen-bond donors (Lipinski definition) is 2. The summed E-state index contributed by atoms with van der Waals surface area (Å²) in [6.07, 6.45) is 0.261. The predicted octanol–water partition coefficient (Wildman–Crippen LogP) is 0.285. The summed E-state index contributed by atoms with van der Waals surface area (Å²) in [5.41, 5.74) is -0.240. The number of benzene rings is 1. The lowest BCUT2D eigenvalue weighted by molar-refractivity contribution is -0.136. The Kier molecular flexibility index (Phi) is 3.16. The van der Waals surface area contributed by atoms with Gasteiger partial charge in [0, 0.05) is 13.0 Å². The van der Waals surface area contributed by atoms with Crippen LogP contribution in [0.1, 0.15) is 39.1 Å². The van der Waals surface area contributed by atoms with Gasteiger partial charge in [-0.3, -0.25) is 19.7 Å². The molecule has 22 heavy (non-hydrogen) atoms. The van der Waals surface area contributed by atoms with Gasteiger partial charge in [-0.15, -0.1) is 0 Å². The molecule has 3 amide bonds. The summed E-state index contributed by atoms with van der Waals surface area (Å²) in [5, 5.41) is 11.1. The zero-order valence-corrected chi connectivity index (χ0v) is 11.3. The van der Waals surface area contributed by atoms with E-state index in [1.54, 1.807) is 0 Å². The number of carbonyl (C=O) groups excluding carboxylic acids is 3. The van der Waals surface area contributed by atoms with Crippen LogP contribution in [0.3, 0.4) is 0 Å². The monoisotopic (exact) mass is 306 g/mol. The molecule has 3 rings (SSSR count). The van der Waals surface area contributed by atoms with Gasteiger partial charge in [-0.2, -0.15) is 0 Å². The number of carbonyl (C=O) groups is 4. The Morgan fingerprint density at radius 3 is 2.68 bits per heavy atom. The molecule has 0 aromatic heterocycles. The Hall–Kier alpha value is -2.77. The minimum Gasteiger partial charge on any atom is -0.478 e. The van der Waals surface area contributed by atoms with Gasteiger partial charge in [-0.1, -0.05) is 0 Å². The van der Waals surface area contributed by atoms with E-state index in [2.05, 4.69) is 5.32 Å². The van der Waals surface area contributed by atoms with Crippen LogP contribution in [-0.2, 0) is 16.1 Å². The Morgan fingerprint density at radius 2 is 2.05 bits per heavy atom. The number of nitrogens with one attached hydrogen (secondary N) is 1. The second-order valence-corrected chi connectivity index (χ2v) is 5.20. The molecule has 0 spiro atoms. The number of hydrogen-bond acceptors (Lipinski definition) is 4. The van der Waals surface area contributed by atoms with E-state index in [4.69, 9.17) is 5.11 Å². The quantitative estimate of drug-likeness (QED) is 0.764. The molecule has 1 saturated heterocycles. The highest BCUT2D eigenvalue weighted by atomic mass is 19.1. The van der Waals surface area contributed by atoms with Crippen molar-refractivity contribution in [1.29, 1.82) is 0 Å². The van der Waals surface area contributed by atoms with Gasteiger partial charge in [0.05, 0.1) is 11.1 Å². The van der Waals surface area contributed by atoms with Crippen molar-refractivity contribution in [3.63, 3.8) is 0 Å². The number of carboxylic acid groups (broad SMARTS) is 1. The molecule has 2 N–H and O–H groups in total. The van der Waals surface area contributed by atoms with Crippen LogP contribution in [0, 0.1) is 5.82 Å². The molecule has 1 atom stereocenters. The van der Waals surface area contributed by atoms with E-state index in [9.17, 15) is 23.6 Å². The Bertz CT molecular complexity index is 730. The van der Waals surface area contributed by atoms with Gasteiger partial charge in [0.15, 0.2) is 0 Å². The number of aromatic carboxylic acids is 1. The summed E-state index contributed by atoms with van der Waals surface area (Å²) in [4.78, 5) is 47.4. The van der Waals surface area contributed by atoms with E-state index < -0.39 is 35.5 Å². The van der Waals surface area contributed by atoms with Gasteiger partial charge in [0.2, 0.25) is 11.8 Å². The maximum atomic E-state index is 14.0. The lowest BCUT2D eigenvalue weighted by atomic mass is 10.0. The number of amides is 3. The molecule has 0 aliphatic carbocycles. The molecule has 1 fully saturated rings. The number of nitrogens with zero attached hydrogens (tertiary/aromatic N) is 1.